The molecular weight excluding hydrogens is 367 g/mol. The monoisotopic (exact) mass is 380 g/mol. The van der Waals surface area contributed by atoms with Gasteiger partial charge in [-0.25, -0.2) is 9.18 Å². The van der Waals surface area contributed by atoms with Crippen molar-refractivity contribution in [2.24, 2.45) is 5.73 Å². The summed E-state index contributed by atoms with van der Waals surface area (Å²) in [4.78, 5) is 34.6. The Balaban J connectivity index is 1.80. The van der Waals surface area contributed by atoms with Crippen molar-refractivity contribution in [2.75, 3.05) is 18.5 Å². The molecule has 0 saturated heterocycles. The molecule has 0 saturated carbocycles. The molecule has 7 nitrogen and oxygen atoms in total. The van der Waals surface area contributed by atoms with Crippen LogP contribution < -0.4 is 15.8 Å². The van der Waals surface area contributed by atoms with Gasteiger partial charge in [-0.1, -0.05) is 23.7 Å². The van der Waals surface area contributed by atoms with Gasteiger partial charge in [0.05, 0.1) is 10.6 Å². The van der Waals surface area contributed by atoms with Gasteiger partial charge >= 0.3 is 5.97 Å². The van der Waals surface area contributed by atoms with Gasteiger partial charge in [-0.05, 0) is 30.3 Å². The first-order valence-corrected chi connectivity index (χ1v) is 7.67. The topological polar surface area (TPSA) is 108 Å². The quantitative estimate of drug-likeness (QED) is 0.715. The highest BCUT2D eigenvalue weighted by Crippen LogP contribution is 2.19. The predicted molar refractivity (Wildman–Crippen MR) is 91.5 cm³/mol. The van der Waals surface area contributed by atoms with E-state index >= 15 is 0 Å². The Morgan fingerprint density at radius 1 is 1.12 bits per heavy atom. The molecule has 0 atom stereocenters. The summed E-state index contributed by atoms with van der Waals surface area (Å²) in [7, 11) is 0. The highest BCUT2D eigenvalue weighted by molar-refractivity contribution is 6.31. The van der Waals surface area contributed by atoms with E-state index < -0.39 is 36.8 Å². The van der Waals surface area contributed by atoms with Crippen molar-refractivity contribution in [3.63, 3.8) is 0 Å². The summed E-state index contributed by atoms with van der Waals surface area (Å²) < 4.78 is 23.0. The van der Waals surface area contributed by atoms with Crippen molar-refractivity contribution in [3.05, 3.63) is 58.9 Å². The Labute approximate surface area is 152 Å². The van der Waals surface area contributed by atoms with E-state index in [1.807, 2.05) is 0 Å². The number of para-hydroxylation sites is 1. The van der Waals surface area contributed by atoms with Crippen molar-refractivity contribution in [3.8, 4) is 5.75 Å². The standard InChI is InChI=1S/C17H14ClFN2O5/c18-12-7-10(5-6-13(12)19)21-15(22)8-26-16(23)9-25-14-4-2-1-3-11(14)17(20)24/h1-7H,8-9H2,(H2,20,24)(H,21,22). The number of halogens is 2. The number of amides is 2. The third-order valence-corrected chi connectivity index (χ3v) is 3.36. The lowest BCUT2D eigenvalue weighted by molar-refractivity contribution is -0.149. The maximum absolute atomic E-state index is 13.0. The number of benzene rings is 2. The number of carbonyl (C=O) groups is 3. The lowest BCUT2D eigenvalue weighted by Crippen LogP contribution is -2.24. The number of nitrogens with one attached hydrogen (secondary N) is 1. The van der Waals surface area contributed by atoms with E-state index in [2.05, 4.69) is 5.32 Å². The van der Waals surface area contributed by atoms with Crippen molar-refractivity contribution >= 4 is 35.1 Å². The largest absolute Gasteiger partial charge is 0.481 e. The van der Waals surface area contributed by atoms with Crippen LogP contribution in [-0.4, -0.2) is 31.0 Å². The van der Waals surface area contributed by atoms with Crippen LogP contribution >= 0.6 is 11.6 Å². The third-order valence-electron chi connectivity index (χ3n) is 3.07. The average molecular weight is 381 g/mol. The van der Waals surface area contributed by atoms with Gasteiger partial charge in [-0.2, -0.15) is 0 Å². The molecule has 0 heterocycles. The fourth-order valence-corrected chi connectivity index (χ4v) is 2.07. The fourth-order valence-electron chi connectivity index (χ4n) is 1.89. The molecule has 2 aromatic carbocycles. The van der Waals surface area contributed by atoms with Gasteiger partial charge in [-0.3, -0.25) is 9.59 Å². The van der Waals surface area contributed by atoms with E-state index in [1.54, 1.807) is 12.1 Å². The molecule has 0 aromatic heterocycles. The van der Waals surface area contributed by atoms with Crippen LogP contribution in [0, 0.1) is 5.82 Å². The summed E-state index contributed by atoms with van der Waals surface area (Å²) >= 11 is 5.60. The lowest BCUT2D eigenvalue weighted by Gasteiger charge is -2.10. The Bertz CT molecular complexity index is 844. The normalized spacial score (nSPS) is 10.1. The second-order valence-corrected chi connectivity index (χ2v) is 5.39. The van der Waals surface area contributed by atoms with Crippen LogP contribution in [0.4, 0.5) is 10.1 Å². The maximum Gasteiger partial charge on any atom is 0.344 e. The molecule has 9 heteroatoms. The minimum Gasteiger partial charge on any atom is -0.481 e. The third kappa shape index (κ3) is 5.45. The summed E-state index contributed by atoms with van der Waals surface area (Å²) in [6.45, 7) is -1.09. The Kier molecular flexibility index (Phi) is 6.51. The summed E-state index contributed by atoms with van der Waals surface area (Å²) in [6.07, 6.45) is 0. The first-order valence-electron chi connectivity index (χ1n) is 7.29. The number of primary amides is 1. The molecule has 136 valence electrons. The minimum absolute atomic E-state index is 0.117. The number of nitrogens with two attached hydrogens (primary N) is 1. The summed E-state index contributed by atoms with van der Waals surface area (Å²) in [6, 6.07) is 9.74. The summed E-state index contributed by atoms with van der Waals surface area (Å²) in [5, 5.41) is 2.24. The van der Waals surface area contributed by atoms with Gasteiger partial charge in [0.15, 0.2) is 13.2 Å². The SMILES string of the molecule is NC(=O)c1ccccc1OCC(=O)OCC(=O)Nc1ccc(F)c(Cl)c1. The van der Waals surface area contributed by atoms with E-state index in [9.17, 15) is 18.8 Å². The van der Waals surface area contributed by atoms with E-state index in [0.717, 1.165) is 6.07 Å². The number of esters is 1. The van der Waals surface area contributed by atoms with E-state index in [4.69, 9.17) is 26.8 Å². The van der Waals surface area contributed by atoms with Crippen molar-refractivity contribution in [1.82, 2.24) is 0 Å². The van der Waals surface area contributed by atoms with Gasteiger partial charge in [0.1, 0.15) is 11.6 Å². The maximum atomic E-state index is 13.0. The van der Waals surface area contributed by atoms with Crippen LogP contribution in [0.3, 0.4) is 0 Å². The molecule has 0 aliphatic carbocycles. The molecule has 0 aliphatic heterocycles. The predicted octanol–water partition coefficient (Wildman–Crippen LogP) is 2.14. The minimum atomic E-state index is -0.823. The van der Waals surface area contributed by atoms with Gasteiger partial charge in [0.25, 0.3) is 11.8 Å². The zero-order valence-corrected chi connectivity index (χ0v) is 14.1. The first-order chi connectivity index (χ1) is 12.4. The second kappa shape index (κ2) is 8.82. The number of rotatable bonds is 7. The highest BCUT2D eigenvalue weighted by Gasteiger charge is 2.13. The highest BCUT2D eigenvalue weighted by atomic mass is 35.5. The zero-order valence-electron chi connectivity index (χ0n) is 13.3. The smallest absolute Gasteiger partial charge is 0.344 e. The Morgan fingerprint density at radius 3 is 2.54 bits per heavy atom. The number of anilines is 1. The fraction of sp³-hybridized carbons (Fsp3) is 0.118. The molecule has 0 spiro atoms. The van der Waals surface area contributed by atoms with Gasteiger partial charge < -0.3 is 20.5 Å². The van der Waals surface area contributed by atoms with Crippen molar-refractivity contribution in [2.45, 2.75) is 0 Å². The van der Waals surface area contributed by atoms with E-state index in [-0.39, 0.29) is 22.0 Å². The Hall–Kier alpha value is -3.13. The molecular formula is C17H14ClFN2O5. The first kappa shape index (κ1) is 19.2. The molecule has 2 rings (SSSR count). The van der Waals surface area contributed by atoms with E-state index in [0.29, 0.717) is 0 Å². The number of ether oxygens (including phenoxy) is 2. The summed E-state index contributed by atoms with van der Waals surface area (Å²) in [5.74, 6) is -2.66. The van der Waals surface area contributed by atoms with Crippen LogP contribution in [0.2, 0.25) is 5.02 Å². The molecule has 0 radical (unpaired) electrons. The van der Waals surface area contributed by atoms with Gasteiger partial charge in [0, 0.05) is 5.69 Å². The molecule has 26 heavy (non-hydrogen) atoms. The van der Waals surface area contributed by atoms with Crippen molar-refractivity contribution < 1.29 is 28.2 Å². The van der Waals surface area contributed by atoms with Gasteiger partial charge in [-0.15, -0.1) is 0 Å². The molecule has 0 aliphatic rings. The number of carbonyl (C=O) groups excluding carboxylic acids is 3. The molecule has 2 amide bonds. The van der Waals surface area contributed by atoms with Gasteiger partial charge in [0.2, 0.25) is 0 Å². The van der Waals surface area contributed by atoms with Crippen molar-refractivity contribution in [1.29, 1.82) is 0 Å². The van der Waals surface area contributed by atoms with Crippen LogP contribution in [0.5, 0.6) is 5.75 Å². The van der Waals surface area contributed by atoms with Crippen LogP contribution in [0.25, 0.3) is 0 Å². The number of hydrogen-bond donors (Lipinski definition) is 2. The van der Waals surface area contributed by atoms with Crippen LogP contribution in [0.1, 0.15) is 10.4 Å². The second-order valence-electron chi connectivity index (χ2n) is 4.99. The molecule has 3 N–H and O–H groups in total. The molecule has 2 aromatic rings. The number of hydrogen-bond acceptors (Lipinski definition) is 5. The Morgan fingerprint density at radius 2 is 1.85 bits per heavy atom. The summed E-state index contributed by atoms with van der Waals surface area (Å²) in [5.41, 5.74) is 5.56. The van der Waals surface area contributed by atoms with Crippen LogP contribution in [-0.2, 0) is 14.3 Å². The lowest BCUT2D eigenvalue weighted by atomic mass is 10.2. The molecule has 0 bridgehead atoms. The van der Waals surface area contributed by atoms with Crippen LogP contribution in [0.15, 0.2) is 42.5 Å². The molecule has 0 unspecified atom stereocenters. The molecule has 0 fully saturated rings. The average Bonchev–Trinajstić information content (AvgIpc) is 2.61. The zero-order chi connectivity index (χ0) is 19.1. The van der Waals surface area contributed by atoms with E-state index in [1.165, 1.54) is 24.3 Å².